The summed E-state index contributed by atoms with van der Waals surface area (Å²) in [7, 11) is 0. The SMILES string of the molecule is CC(C)NCc1ccc(N2CCC(C(N)=O)CC2)cc1. The van der Waals surface area contributed by atoms with E-state index in [1.165, 1.54) is 11.3 Å². The molecule has 4 heteroatoms. The summed E-state index contributed by atoms with van der Waals surface area (Å²) in [6.45, 7) is 7.03. The second-order valence-corrected chi connectivity index (χ2v) is 5.87. The molecule has 1 aromatic carbocycles. The largest absolute Gasteiger partial charge is 0.371 e. The van der Waals surface area contributed by atoms with Crippen LogP contribution in [0.15, 0.2) is 24.3 Å². The molecule has 1 amide bonds. The van der Waals surface area contributed by atoms with Gasteiger partial charge >= 0.3 is 0 Å². The fourth-order valence-corrected chi connectivity index (χ4v) is 2.57. The molecule has 0 radical (unpaired) electrons. The lowest BCUT2D eigenvalue weighted by Gasteiger charge is -2.32. The number of piperidine rings is 1. The first-order valence-electron chi connectivity index (χ1n) is 7.43. The van der Waals surface area contributed by atoms with Gasteiger partial charge in [-0.3, -0.25) is 4.79 Å². The molecule has 1 aliphatic rings. The standard InChI is InChI=1S/C16H25N3O/c1-12(2)18-11-13-3-5-15(6-4-13)19-9-7-14(8-10-19)16(17)20/h3-6,12,14,18H,7-11H2,1-2H3,(H2,17,20). The highest BCUT2D eigenvalue weighted by atomic mass is 16.1. The van der Waals surface area contributed by atoms with Crippen molar-refractivity contribution in [2.45, 2.75) is 39.3 Å². The van der Waals surface area contributed by atoms with Crippen LogP contribution >= 0.6 is 0 Å². The fraction of sp³-hybridized carbons (Fsp3) is 0.562. The van der Waals surface area contributed by atoms with Gasteiger partial charge in [0.05, 0.1) is 0 Å². The minimum Gasteiger partial charge on any atom is -0.371 e. The zero-order valence-corrected chi connectivity index (χ0v) is 12.4. The molecular formula is C16H25N3O. The van der Waals surface area contributed by atoms with Crippen LogP contribution in [-0.4, -0.2) is 25.0 Å². The zero-order valence-electron chi connectivity index (χ0n) is 12.4. The summed E-state index contributed by atoms with van der Waals surface area (Å²) in [6.07, 6.45) is 1.73. The smallest absolute Gasteiger partial charge is 0.220 e. The normalized spacial score (nSPS) is 16.6. The van der Waals surface area contributed by atoms with E-state index in [1.807, 2.05) is 0 Å². The lowest BCUT2D eigenvalue weighted by atomic mass is 9.96. The van der Waals surface area contributed by atoms with Gasteiger partial charge in [-0.25, -0.2) is 0 Å². The maximum Gasteiger partial charge on any atom is 0.220 e. The van der Waals surface area contributed by atoms with Gasteiger partial charge < -0.3 is 16.0 Å². The van der Waals surface area contributed by atoms with E-state index in [4.69, 9.17) is 5.73 Å². The number of anilines is 1. The monoisotopic (exact) mass is 275 g/mol. The number of primary amides is 1. The van der Waals surface area contributed by atoms with E-state index < -0.39 is 0 Å². The van der Waals surface area contributed by atoms with Crippen molar-refractivity contribution in [2.75, 3.05) is 18.0 Å². The Hall–Kier alpha value is -1.55. The Balaban J connectivity index is 1.89. The molecule has 0 aromatic heterocycles. The number of nitrogens with one attached hydrogen (secondary N) is 1. The van der Waals surface area contributed by atoms with Gasteiger partial charge in [-0.15, -0.1) is 0 Å². The Morgan fingerprint density at radius 2 is 1.90 bits per heavy atom. The number of hydrogen-bond donors (Lipinski definition) is 2. The molecule has 0 unspecified atom stereocenters. The summed E-state index contributed by atoms with van der Waals surface area (Å²) in [5.74, 6) is -0.0967. The quantitative estimate of drug-likeness (QED) is 0.862. The van der Waals surface area contributed by atoms with Crippen LogP contribution in [0.25, 0.3) is 0 Å². The van der Waals surface area contributed by atoms with Crippen LogP contribution in [-0.2, 0) is 11.3 Å². The maximum absolute atomic E-state index is 11.2. The molecule has 1 heterocycles. The molecule has 2 rings (SSSR count). The average Bonchev–Trinajstić information content (AvgIpc) is 2.46. The predicted octanol–water partition coefficient (Wildman–Crippen LogP) is 1.89. The predicted molar refractivity (Wildman–Crippen MR) is 82.5 cm³/mol. The van der Waals surface area contributed by atoms with Crippen LogP contribution in [0.1, 0.15) is 32.3 Å². The van der Waals surface area contributed by atoms with E-state index >= 15 is 0 Å². The molecule has 0 bridgehead atoms. The highest BCUT2D eigenvalue weighted by molar-refractivity contribution is 5.77. The molecular weight excluding hydrogens is 250 g/mol. The first kappa shape index (κ1) is 14.9. The number of rotatable bonds is 5. The summed E-state index contributed by atoms with van der Waals surface area (Å²) in [4.78, 5) is 13.5. The van der Waals surface area contributed by atoms with Crippen LogP contribution in [0.2, 0.25) is 0 Å². The van der Waals surface area contributed by atoms with E-state index in [0.717, 1.165) is 32.5 Å². The summed E-state index contributed by atoms with van der Waals surface area (Å²) in [5.41, 5.74) is 7.90. The van der Waals surface area contributed by atoms with Gasteiger partial charge in [-0.2, -0.15) is 0 Å². The summed E-state index contributed by atoms with van der Waals surface area (Å²) in [5, 5.41) is 3.41. The number of benzene rings is 1. The second-order valence-electron chi connectivity index (χ2n) is 5.87. The molecule has 20 heavy (non-hydrogen) atoms. The number of hydrogen-bond acceptors (Lipinski definition) is 3. The van der Waals surface area contributed by atoms with E-state index in [2.05, 4.69) is 48.3 Å². The molecule has 0 atom stereocenters. The number of carbonyl (C=O) groups is 1. The lowest BCUT2D eigenvalue weighted by Crippen LogP contribution is -2.38. The molecule has 0 aliphatic carbocycles. The van der Waals surface area contributed by atoms with Crippen molar-refractivity contribution in [3.05, 3.63) is 29.8 Å². The first-order chi connectivity index (χ1) is 9.56. The van der Waals surface area contributed by atoms with E-state index in [-0.39, 0.29) is 11.8 Å². The van der Waals surface area contributed by atoms with Gasteiger partial charge in [0.1, 0.15) is 0 Å². The van der Waals surface area contributed by atoms with E-state index in [1.54, 1.807) is 0 Å². The summed E-state index contributed by atoms with van der Waals surface area (Å²) in [6, 6.07) is 9.18. The van der Waals surface area contributed by atoms with Crippen LogP contribution in [0.5, 0.6) is 0 Å². The van der Waals surface area contributed by atoms with Crippen molar-refractivity contribution >= 4 is 11.6 Å². The number of nitrogens with two attached hydrogens (primary N) is 1. The Morgan fingerprint density at radius 1 is 1.30 bits per heavy atom. The molecule has 4 nitrogen and oxygen atoms in total. The van der Waals surface area contributed by atoms with Gasteiger partial charge in [-0.05, 0) is 30.5 Å². The van der Waals surface area contributed by atoms with Crippen molar-refractivity contribution in [1.29, 1.82) is 0 Å². The lowest BCUT2D eigenvalue weighted by molar-refractivity contribution is -0.122. The van der Waals surface area contributed by atoms with Crippen LogP contribution < -0.4 is 16.0 Å². The molecule has 3 N–H and O–H groups in total. The van der Waals surface area contributed by atoms with Gasteiger partial charge in [-0.1, -0.05) is 26.0 Å². The first-order valence-corrected chi connectivity index (χ1v) is 7.43. The summed E-state index contributed by atoms with van der Waals surface area (Å²) >= 11 is 0. The topological polar surface area (TPSA) is 58.4 Å². The Kier molecular flexibility index (Phi) is 5.01. The van der Waals surface area contributed by atoms with E-state index in [9.17, 15) is 4.79 Å². The van der Waals surface area contributed by atoms with Crippen molar-refractivity contribution in [3.8, 4) is 0 Å². The molecule has 0 saturated carbocycles. The molecule has 1 aromatic rings. The summed E-state index contributed by atoms with van der Waals surface area (Å²) < 4.78 is 0. The van der Waals surface area contributed by atoms with Gasteiger partial charge in [0.25, 0.3) is 0 Å². The van der Waals surface area contributed by atoms with Crippen molar-refractivity contribution < 1.29 is 4.79 Å². The van der Waals surface area contributed by atoms with Crippen molar-refractivity contribution in [3.63, 3.8) is 0 Å². The van der Waals surface area contributed by atoms with Gasteiger partial charge in [0, 0.05) is 37.3 Å². The third-order valence-corrected chi connectivity index (χ3v) is 3.91. The van der Waals surface area contributed by atoms with Crippen LogP contribution in [0, 0.1) is 5.92 Å². The maximum atomic E-state index is 11.2. The number of nitrogens with zero attached hydrogens (tertiary/aromatic N) is 1. The number of amides is 1. The zero-order chi connectivity index (χ0) is 14.5. The number of carbonyl (C=O) groups excluding carboxylic acids is 1. The molecule has 0 spiro atoms. The molecule has 1 fully saturated rings. The molecule has 1 saturated heterocycles. The second kappa shape index (κ2) is 6.75. The Morgan fingerprint density at radius 3 is 2.40 bits per heavy atom. The van der Waals surface area contributed by atoms with Crippen LogP contribution in [0.3, 0.4) is 0 Å². The van der Waals surface area contributed by atoms with Crippen molar-refractivity contribution in [1.82, 2.24) is 5.32 Å². The third-order valence-electron chi connectivity index (χ3n) is 3.91. The highest BCUT2D eigenvalue weighted by Gasteiger charge is 2.23. The van der Waals surface area contributed by atoms with Crippen molar-refractivity contribution in [2.24, 2.45) is 11.7 Å². The van der Waals surface area contributed by atoms with E-state index in [0.29, 0.717) is 6.04 Å². The van der Waals surface area contributed by atoms with Gasteiger partial charge in [0.2, 0.25) is 5.91 Å². The molecule has 110 valence electrons. The average molecular weight is 275 g/mol. The third kappa shape index (κ3) is 3.97. The minimum atomic E-state index is -0.153. The highest BCUT2D eigenvalue weighted by Crippen LogP contribution is 2.23. The fourth-order valence-electron chi connectivity index (χ4n) is 2.57. The minimum absolute atomic E-state index is 0.0563. The Bertz CT molecular complexity index is 434. The van der Waals surface area contributed by atoms with Crippen LogP contribution in [0.4, 0.5) is 5.69 Å². The Labute approximate surface area is 121 Å². The molecule has 1 aliphatic heterocycles. The van der Waals surface area contributed by atoms with Gasteiger partial charge in [0.15, 0.2) is 0 Å².